The van der Waals surface area contributed by atoms with Crippen LogP contribution in [-0.4, -0.2) is 11.8 Å². The van der Waals surface area contributed by atoms with Gasteiger partial charge >= 0.3 is 0 Å². The maximum atomic E-state index is 11.2. The lowest BCUT2D eigenvalue weighted by molar-refractivity contribution is -0.114. The van der Waals surface area contributed by atoms with Crippen molar-refractivity contribution in [3.8, 4) is 0 Å². The molecule has 0 aliphatic heterocycles. The second-order valence-corrected chi connectivity index (χ2v) is 5.39. The summed E-state index contributed by atoms with van der Waals surface area (Å²) >= 11 is 0. The van der Waals surface area contributed by atoms with E-state index in [1.54, 1.807) is 12.2 Å². The van der Waals surface area contributed by atoms with E-state index in [0.717, 1.165) is 32.7 Å². The van der Waals surface area contributed by atoms with Crippen LogP contribution in [0.4, 0.5) is 0 Å². The van der Waals surface area contributed by atoms with E-state index < -0.39 is 11.8 Å². The summed E-state index contributed by atoms with van der Waals surface area (Å²) in [5.74, 6) is -0.998. The Morgan fingerprint density at radius 2 is 0.917 bits per heavy atom. The Bertz CT molecular complexity index is 878. The first-order valence-electron chi connectivity index (χ1n) is 7.46. The van der Waals surface area contributed by atoms with Gasteiger partial charge < -0.3 is 11.5 Å². The zero-order valence-corrected chi connectivity index (χ0v) is 12.9. The fraction of sp³-hybridized carbons (Fsp3) is 0. The Hall–Kier alpha value is -3.40. The highest BCUT2D eigenvalue weighted by Crippen LogP contribution is 2.34. The molecule has 4 nitrogen and oxygen atoms in total. The quantitative estimate of drug-likeness (QED) is 0.572. The Morgan fingerprint density at radius 3 is 1.17 bits per heavy atom. The van der Waals surface area contributed by atoms with Crippen molar-refractivity contribution >= 4 is 45.5 Å². The molecule has 0 saturated heterocycles. The number of primary amides is 2. The first kappa shape index (κ1) is 15.5. The van der Waals surface area contributed by atoms with Gasteiger partial charge in [0.2, 0.25) is 11.8 Å². The number of nitrogens with two attached hydrogens (primary N) is 2. The molecule has 0 atom stereocenters. The fourth-order valence-corrected chi connectivity index (χ4v) is 2.89. The van der Waals surface area contributed by atoms with Gasteiger partial charge in [-0.3, -0.25) is 9.59 Å². The molecule has 3 aromatic carbocycles. The molecule has 3 aromatic rings. The maximum absolute atomic E-state index is 11.2. The average molecular weight is 316 g/mol. The molecule has 0 bridgehead atoms. The van der Waals surface area contributed by atoms with Crippen LogP contribution in [0.1, 0.15) is 11.1 Å². The highest BCUT2D eigenvalue weighted by atomic mass is 16.1. The Kier molecular flexibility index (Phi) is 4.12. The fourth-order valence-electron chi connectivity index (χ4n) is 2.89. The molecule has 2 amide bonds. The number of carbonyl (C=O) groups excluding carboxylic acids is 2. The van der Waals surface area contributed by atoms with Gasteiger partial charge in [0.25, 0.3) is 0 Å². The summed E-state index contributed by atoms with van der Waals surface area (Å²) in [6.07, 6.45) is 6.17. The van der Waals surface area contributed by atoms with Crippen molar-refractivity contribution in [2.75, 3.05) is 0 Å². The van der Waals surface area contributed by atoms with E-state index in [-0.39, 0.29) is 0 Å². The minimum atomic E-state index is -0.499. The highest BCUT2D eigenvalue weighted by Gasteiger charge is 2.10. The smallest absolute Gasteiger partial charge is 0.241 e. The summed E-state index contributed by atoms with van der Waals surface area (Å²) in [5.41, 5.74) is 12.3. The van der Waals surface area contributed by atoms with Crippen LogP contribution in [0.5, 0.6) is 0 Å². The molecular weight excluding hydrogens is 300 g/mol. The van der Waals surface area contributed by atoms with Gasteiger partial charge in [-0.15, -0.1) is 0 Å². The largest absolute Gasteiger partial charge is 0.366 e. The van der Waals surface area contributed by atoms with Crippen molar-refractivity contribution in [3.63, 3.8) is 0 Å². The lowest BCUT2D eigenvalue weighted by atomic mass is 9.91. The molecule has 0 aromatic heterocycles. The van der Waals surface area contributed by atoms with Crippen molar-refractivity contribution in [1.29, 1.82) is 0 Å². The molecule has 24 heavy (non-hydrogen) atoms. The van der Waals surface area contributed by atoms with Crippen molar-refractivity contribution in [2.24, 2.45) is 11.5 Å². The number of amides is 2. The standard InChI is InChI=1S/C20H16N2O2/c21-19(23)11-9-17-13-5-1-2-6-14(13)18(10-12-20(22)24)16-8-4-3-7-15(16)17/h1-12H,(H2,21,23)(H2,22,24)/b11-9+,12-10+. The van der Waals surface area contributed by atoms with Gasteiger partial charge in [0.15, 0.2) is 0 Å². The normalized spacial score (nSPS) is 11.7. The molecular formula is C20H16N2O2. The number of carbonyl (C=O) groups is 2. The minimum absolute atomic E-state index is 0.499. The monoisotopic (exact) mass is 316 g/mol. The van der Waals surface area contributed by atoms with Crippen LogP contribution in [0.3, 0.4) is 0 Å². The van der Waals surface area contributed by atoms with Crippen LogP contribution >= 0.6 is 0 Å². The van der Waals surface area contributed by atoms with E-state index >= 15 is 0 Å². The van der Waals surface area contributed by atoms with E-state index in [4.69, 9.17) is 11.5 Å². The SMILES string of the molecule is NC(=O)/C=C/c1c2ccccc2c(/C=C/C(N)=O)c2ccccc12. The zero-order chi connectivity index (χ0) is 17.1. The van der Waals surface area contributed by atoms with E-state index in [1.165, 1.54) is 12.2 Å². The van der Waals surface area contributed by atoms with E-state index in [1.807, 2.05) is 48.5 Å². The number of hydrogen-bond acceptors (Lipinski definition) is 2. The maximum Gasteiger partial charge on any atom is 0.241 e. The third-order valence-corrected chi connectivity index (χ3v) is 3.84. The molecule has 0 aliphatic rings. The highest BCUT2D eigenvalue weighted by molar-refractivity contribution is 6.14. The number of hydrogen-bond donors (Lipinski definition) is 2. The third kappa shape index (κ3) is 2.90. The van der Waals surface area contributed by atoms with Gasteiger partial charge in [-0.25, -0.2) is 0 Å². The summed E-state index contributed by atoms with van der Waals surface area (Å²) in [6, 6.07) is 15.6. The van der Waals surface area contributed by atoms with Crippen molar-refractivity contribution < 1.29 is 9.59 Å². The van der Waals surface area contributed by atoms with Crippen LogP contribution in [0, 0.1) is 0 Å². The van der Waals surface area contributed by atoms with Gasteiger partial charge in [0.05, 0.1) is 0 Å². The minimum Gasteiger partial charge on any atom is -0.366 e. The van der Waals surface area contributed by atoms with Crippen molar-refractivity contribution in [2.45, 2.75) is 0 Å². The van der Waals surface area contributed by atoms with Gasteiger partial charge in [0, 0.05) is 12.2 Å². The number of benzene rings is 3. The zero-order valence-electron chi connectivity index (χ0n) is 12.9. The molecule has 0 spiro atoms. The summed E-state index contributed by atoms with van der Waals surface area (Å²) < 4.78 is 0. The van der Waals surface area contributed by atoms with Crippen LogP contribution in [0.15, 0.2) is 60.7 Å². The van der Waals surface area contributed by atoms with Crippen LogP contribution in [-0.2, 0) is 9.59 Å². The molecule has 0 heterocycles. The van der Waals surface area contributed by atoms with Crippen molar-refractivity contribution in [3.05, 3.63) is 71.8 Å². The lowest BCUT2D eigenvalue weighted by Gasteiger charge is -2.12. The van der Waals surface area contributed by atoms with Crippen LogP contribution in [0.2, 0.25) is 0 Å². The Morgan fingerprint density at radius 1 is 0.625 bits per heavy atom. The second kappa shape index (κ2) is 6.38. The summed E-state index contributed by atoms with van der Waals surface area (Å²) in [5, 5.41) is 3.88. The Labute approximate surface area is 139 Å². The Balaban J connectivity index is 2.45. The molecule has 0 fully saturated rings. The topological polar surface area (TPSA) is 86.2 Å². The van der Waals surface area contributed by atoms with Gasteiger partial charge in [-0.05, 0) is 44.8 Å². The summed E-state index contributed by atoms with van der Waals surface area (Å²) in [4.78, 5) is 22.3. The van der Waals surface area contributed by atoms with E-state index in [0.29, 0.717) is 0 Å². The molecule has 4 N–H and O–H groups in total. The van der Waals surface area contributed by atoms with E-state index in [2.05, 4.69) is 0 Å². The molecule has 3 rings (SSSR count). The molecule has 0 saturated carbocycles. The summed E-state index contributed by atoms with van der Waals surface area (Å²) in [7, 11) is 0. The number of fused-ring (bicyclic) bond motifs is 2. The molecule has 4 heteroatoms. The average Bonchev–Trinajstić information content (AvgIpc) is 2.57. The van der Waals surface area contributed by atoms with Gasteiger partial charge in [-0.1, -0.05) is 48.5 Å². The summed E-state index contributed by atoms with van der Waals surface area (Å²) in [6.45, 7) is 0. The predicted molar refractivity (Wildman–Crippen MR) is 97.9 cm³/mol. The van der Waals surface area contributed by atoms with Crippen LogP contribution in [0.25, 0.3) is 33.7 Å². The molecule has 0 radical (unpaired) electrons. The van der Waals surface area contributed by atoms with E-state index in [9.17, 15) is 9.59 Å². The third-order valence-electron chi connectivity index (χ3n) is 3.84. The predicted octanol–water partition coefficient (Wildman–Crippen LogP) is 2.99. The van der Waals surface area contributed by atoms with Gasteiger partial charge in [-0.2, -0.15) is 0 Å². The number of rotatable bonds is 4. The molecule has 0 unspecified atom stereocenters. The van der Waals surface area contributed by atoms with Crippen molar-refractivity contribution in [1.82, 2.24) is 0 Å². The first-order chi connectivity index (χ1) is 11.6. The second-order valence-electron chi connectivity index (χ2n) is 5.39. The van der Waals surface area contributed by atoms with Gasteiger partial charge in [0.1, 0.15) is 0 Å². The lowest BCUT2D eigenvalue weighted by Crippen LogP contribution is -2.05. The molecule has 118 valence electrons. The first-order valence-corrected chi connectivity index (χ1v) is 7.46. The van der Waals surface area contributed by atoms with Crippen LogP contribution < -0.4 is 11.5 Å². The molecule has 0 aliphatic carbocycles.